The second-order valence-corrected chi connectivity index (χ2v) is 5.02. The highest BCUT2D eigenvalue weighted by atomic mass is 15.1. The maximum Gasteiger partial charge on any atom is 0.221 e. The van der Waals surface area contributed by atoms with Crippen LogP contribution < -0.4 is 16.0 Å². The Morgan fingerprint density at radius 3 is 2.45 bits per heavy atom. The van der Waals surface area contributed by atoms with Gasteiger partial charge in [-0.1, -0.05) is 0 Å². The number of hydrogen-bond donors (Lipinski definition) is 2. The second-order valence-electron chi connectivity index (χ2n) is 5.02. The van der Waals surface area contributed by atoms with Crippen molar-refractivity contribution < 1.29 is 0 Å². The van der Waals surface area contributed by atoms with Gasteiger partial charge in [0, 0.05) is 30.7 Å². The van der Waals surface area contributed by atoms with Crippen LogP contribution in [0.5, 0.6) is 0 Å². The summed E-state index contributed by atoms with van der Waals surface area (Å²) < 4.78 is 0. The quantitative estimate of drug-likeness (QED) is 0.896. The third-order valence-corrected chi connectivity index (χ3v) is 3.54. The van der Waals surface area contributed by atoms with E-state index in [2.05, 4.69) is 44.5 Å². The van der Waals surface area contributed by atoms with Gasteiger partial charge in [0.2, 0.25) is 5.95 Å². The molecule has 3 N–H and O–H groups in total. The standard InChI is InChI=1S/C15H19N5/c16-15-17-9-8-14(19-15)18-12-4-6-13(7-5-12)20-10-2-1-3-11-20/h4-9H,1-3,10-11H2,(H3,16,17,18,19). The van der Waals surface area contributed by atoms with Gasteiger partial charge in [-0.3, -0.25) is 0 Å². The SMILES string of the molecule is Nc1nccc(Nc2ccc(N3CCCCC3)cc2)n1. The van der Waals surface area contributed by atoms with E-state index in [1.165, 1.54) is 24.9 Å². The van der Waals surface area contributed by atoms with Crippen molar-refractivity contribution in [2.24, 2.45) is 0 Å². The molecule has 0 atom stereocenters. The van der Waals surface area contributed by atoms with Gasteiger partial charge < -0.3 is 16.0 Å². The Labute approximate surface area is 118 Å². The third-order valence-electron chi connectivity index (χ3n) is 3.54. The molecule has 1 aromatic heterocycles. The Morgan fingerprint density at radius 1 is 1.00 bits per heavy atom. The number of anilines is 4. The molecule has 20 heavy (non-hydrogen) atoms. The van der Waals surface area contributed by atoms with E-state index in [0.717, 1.165) is 18.8 Å². The summed E-state index contributed by atoms with van der Waals surface area (Å²) in [6.07, 6.45) is 5.58. The minimum Gasteiger partial charge on any atom is -0.372 e. The summed E-state index contributed by atoms with van der Waals surface area (Å²) in [6, 6.07) is 10.2. The van der Waals surface area contributed by atoms with Crippen molar-refractivity contribution in [3.05, 3.63) is 36.5 Å². The van der Waals surface area contributed by atoms with E-state index in [1.54, 1.807) is 12.3 Å². The first-order valence-corrected chi connectivity index (χ1v) is 7.02. The number of benzene rings is 1. The third kappa shape index (κ3) is 2.99. The Morgan fingerprint density at radius 2 is 1.75 bits per heavy atom. The lowest BCUT2D eigenvalue weighted by Crippen LogP contribution is -2.29. The monoisotopic (exact) mass is 269 g/mol. The molecule has 0 bridgehead atoms. The van der Waals surface area contributed by atoms with Gasteiger partial charge in [-0.25, -0.2) is 4.98 Å². The second kappa shape index (κ2) is 5.77. The van der Waals surface area contributed by atoms with E-state index in [9.17, 15) is 0 Å². The average Bonchev–Trinajstić information content (AvgIpc) is 2.49. The Hall–Kier alpha value is -2.30. The molecular formula is C15H19N5. The van der Waals surface area contributed by atoms with Gasteiger partial charge in [0.05, 0.1) is 0 Å². The molecule has 1 aliphatic rings. The van der Waals surface area contributed by atoms with E-state index >= 15 is 0 Å². The first-order valence-electron chi connectivity index (χ1n) is 7.02. The van der Waals surface area contributed by atoms with Crippen LogP contribution in [0.3, 0.4) is 0 Å². The summed E-state index contributed by atoms with van der Waals surface area (Å²) in [4.78, 5) is 10.4. The maximum absolute atomic E-state index is 5.56. The fourth-order valence-corrected chi connectivity index (χ4v) is 2.50. The summed E-state index contributed by atoms with van der Waals surface area (Å²) in [5.41, 5.74) is 7.86. The molecule has 5 nitrogen and oxygen atoms in total. The van der Waals surface area contributed by atoms with Crippen LogP contribution in [0.25, 0.3) is 0 Å². The summed E-state index contributed by atoms with van der Waals surface area (Å²) >= 11 is 0. The molecule has 104 valence electrons. The summed E-state index contributed by atoms with van der Waals surface area (Å²) in [5.74, 6) is 0.989. The fourth-order valence-electron chi connectivity index (χ4n) is 2.50. The highest BCUT2D eigenvalue weighted by molar-refractivity contribution is 5.61. The van der Waals surface area contributed by atoms with Crippen molar-refractivity contribution in [3.63, 3.8) is 0 Å². The number of nitrogens with one attached hydrogen (secondary N) is 1. The molecule has 0 unspecified atom stereocenters. The predicted octanol–water partition coefficient (Wildman–Crippen LogP) is 2.79. The van der Waals surface area contributed by atoms with E-state index in [1.807, 2.05) is 0 Å². The van der Waals surface area contributed by atoms with Crippen LogP contribution >= 0.6 is 0 Å². The van der Waals surface area contributed by atoms with Crippen LogP contribution in [-0.2, 0) is 0 Å². The van der Waals surface area contributed by atoms with Crippen LogP contribution in [0.1, 0.15) is 19.3 Å². The van der Waals surface area contributed by atoms with Gasteiger partial charge in [-0.2, -0.15) is 4.98 Å². The first-order chi connectivity index (χ1) is 9.81. The summed E-state index contributed by atoms with van der Waals surface area (Å²) in [6.45, 7) is 2.32. The number of nitrogen functional groups attached to an aromatic ring is 1. The van der Waals surface area contributed by atoms with E-state index in [-0.39, 0.29) is 5.95 Å². The fraction of sp³-hybridized carbons (Fsp3) is 0.333. The molecule has 2 aromatic rings. The van der Waals surface area contributed by atoms with Gasteiger partial charge in [-0.05, 0) is 49.6 Å². The molecule has 3 rings (SSSR count). The number of piperidine rings is 1. The number of nitrogens with two attached hydrogens (primary N) is 1. The molecule has 0 spiro atoms. The predicted molar refractivity (Wildman–Crippen MR) is 82.2 cm³/mol. The zero-order chi connectivity index (χ0) is 13.8. The lowest BCUT2D eigenvalue weighted by atomic mass is 10.1. The van der Waals surface area contributed by atoms with Gasteiger partial charge in [0.25, 0.3) is 0 Å². The normalized spacial score (nSPS) is 15.1. The Bertz CT molecular complexity index is 561. The minimum absolute atomic E-state index is 0.278. The van der Waals surface area contributed by atoms with E-state index in [4.69, 9.17) is 5.73 Å². The van der Waals surface area contributed by atoms with Crippen molar-refractivity contribution in [2.45, 2.75) is 19.3 Å². The number of nitrogens with zero attached hydrogens (tertiary/aromatic N) is 3. The van der Waals surface area contributed by atoms with Gasteiger partial charge in [0.15, 0.2) is 0 Å². The molecule has 0 radical (unpaired) electrons. The van der Waals surface area contributed by atoms with Crippen molar-refractivity contribution in [3.8, 4) is 0 Å². The summed E-state index contributed by atoms with van der Waals surface area (Å²) in [5, 5.41) is 3.23. The van der Waals surface area contributed by atoms with E-state index < -0.39 is 0 Å². The van der Waals surface area contributed by atoms with Gasteiger partial charge >= 0.3 is 0 Å². The minimum atomic E-state index is 0.278. The van der Waals surface area contributed by atoms with Crippen LogP contribution in [0, 0.1) is 0 Å². The number of aromatic nitrogens is 2. The first kappa shape index (κ1) is 12.7. The van der Waals surface area contributed by atoms with E-state index in [0.29, 0.717) is 5.82 Å². The van der Waals surface area contributed by atoms with Crippen LogP contribution in [-0.4, -0.2) is 23.1 Å². The summed E-state index contributed by atoms with van der Waals surface area (Å²) in [7, 11) is 0. The van der Waals surface area contributed by atoms with Crippen LogP contribution in [0.4, 0.5) is 23.1 Å². The molecule has 1 aromatic carbocycles. The van der Waals surface area contributed by atoms with Crippen molar-refractivity contribution in [1.29, 1.82) is 0 Å². The average molecular weight is 269 g/mol. The molecule has 1 saturated heterocycles. The molecule has 0 saturated carbocycles. The topological polar surface area (TPSA) is 67.1 Å². The highest BCUT2D eigenvalue weighted by Crippen LogP contribution is 2.23. The van der Waals surface area contributed by atoms with Gasteiger partial charge in [0.1, 0.15) is 5.82 Å². The molecule has 2 heterocycles. The largest absolute Gasteiger partial charge is 0.372 e. The molecular weight excluding hydrogens is 250 g/mol. The maximum atomic E-state index is 5.56. The number of rotatable bonds is 3. The smallest absolute Gasteiger partial charge is 0.221 e. The van der Waals surface area contributed by atoms with Crippen LogP contribution in [0.15, 0.2) is 36.5 Å². The van der Waals surface area contributed by atoms with Crippen LogP contribution in [0.2, 0.25) is 0 Å². The molecule has 0 amide bonds. The lowest BCUT2D eigenvalue weighted by molar-refractivity contribution is 0.578. The Kier molecular flexibility index (Phi) is 3.67. The lowest BCUT2D eigenvalue weighted by Gasteiger charge is -2.28. The molecule has 1 fully saturated rings. The van der Waals surface area contributed by atoms with Crippen molar-refractivity contribution in [2.75, 3.05) is 29.0 Å². The van der Waals surface area contributed by atoms with Gasteiger partial charge in [-0.15, -0.1) is 0 Å². The molecule has 0 aliphatic carbocycles. The van der Waals surface area contributed by atoms with Crippen molar-refractivity contribution in [1.82, 2.24) is 9.97 Å². The zero-order valence-electron chi connectivity index (χ0n) is 11.4. The number of hydrogen-bond acceptors (Lipinski definition) is 5. The zero-order valence-corrected chi connectivity index (χ0v) is 11.4. The molecule has 5 heteroatoms. The molecule has 1 aliphatic heterocycles. The van der Waals surface area contributed by atoms with Crippen molar-refractivity contribution >= 4 is 23.1 Å². The Balaban J connectivity index is 1.69. The highest BCUT2D eigenvalue weighted by Gasteiger charge is 2.10.